The topological polar surface area (TPSA) is 115 Å². The second-order valence-electron chi connectivity index (χ2n) is 4.46. The van der Waals surface area contributed by atoms with Gasteiger partial charge >= 0.3 is 5.69 Å². The highest BCUT2D eigenvalue weighted by molar-refractivity contribution is 5.93. The molecule has 1 fully saturated rings. The normalized spacial score (nSPS) is 23.6. The molecule has 1 amide bonds. The number of aliphatic hydroxyl groups is 1. The Morgan fingerprint density at radius 3 is 2.56 bits per heavy atom. The van der Waals surface area contributed by atoms with E-state index in [9.17, 15) is 19.5 Å². The monoisotopic (exact) mass is 253 g/mol. The maximum Gasteiger partial charge on any atom is 0.325 e. The van der Waals surface area contributed by atoms with Gasteiger partial charge in [-0.2, -0.15) is 0 Å². The number of aliphatic hydroxyl groups excluding tert-OH is 1. The van der Waals surface area contributed by atoms with Crippen molar-refractivity contribution >= 4 is 5.91 Å². The number of amides is 1. The van der Waals surface area contributed by atoms with E-state index in [-0.39, 0.29) is 17.7 Å². The highest BCUT2D eigenvalue weighted by Crippen LogP contribution is 2.18. The summed E-state index contributed by atoms with van der Waals surface area (Å²) in [5.41, 5.74) is -1.45. The van der Waals surface area contributed by atoms with Gasteiger partial charge in [-0.25, -0.2) is 4.79 Å². The van der Waals surface area contributed by atoms with Crippen molar-refractivity contribution in [3.8, 4) is 0 Å². The fourth-order valence-corrected chi connectivity index (χ4v) is 2.06. The minimum atomic E-state index is -0.702. The molecule has 0 spiro atoms. The molecule has 1 aromatic heterocycles. The van der Waals surface area contributed by atoms with Gasteiger partial charge in [-0.3, -0.25) is 14.6 Å². The molecule has 7 nitrogen and oxygen atoms in total. The number of rotatable bonds is 2. The average molecular weight is 253 g/mol. The molecule has 2 rings (SSSR count). The van der Waals surface area contributed by atoms with Crippen molar-refractivity contribution in [3.63, 3.8) is 0 Å². The van der Waals surface area contributed by atoms with E-state index in [1.54, 1.807) is 0 Å². The van der Waals surface area contributed by atoms with Crippen LogP contribution in [-0.2, 0) is 0 Å². The maximum atomic E-state index is 11.8. The summed E-state index contributed by atoms with van der Waals surface area (Å²) in [6.45, 7) is 0. The van der Waals surface area contributed by atoms with E-state index in [2.05, 4.69) is 10.3 Å². The van der Waals surface area contributed by atoms with Crippen molar-refractivity contribution < 1.29 is 9.90 Å². The molecule has 0 unspecified atom stereocenters. The Hall–Kier alpha value is -1.89. The molecule has 18 heavy (non-hydrogen) atoms. The number of H-pyrrole nitrogens is 2. The highest BCUT2D eigenvalue weighted by atomic mass is 16.3. The van der Waals surface area contributed by atoms with Crippen molar-refractivity contribution in [2.24, 2.45) is 0 Å². The standard InChI is InChI=1S/C11H15N3O4/c15-7-3-1-6(2-4-7)13-9(16)8-5-12-11(18)14-10(8)17/h5-7,15H,1-4H2,(H,13,16)(H2,12,14,17,18). The molecule has 0 radical (unpaired) electrons. The van der Waals surface area contributed by atoms with Crippen LogP contribution in [0.25, 0.3) is 0 Å². The van der Waals surface area contributed by atoms with Crippen molar-refractivity contribution in [1.29, 1.82) is 0 Å². The third-order valence-electron chi connectivity index (χ3n) is 3.10. The van der Waals surface area contributed by atoms with Crippen LogP contribution in [-0.4, -0.2) is 33.1 Å². The van der Waals surface area contributed by atoms with Gasteiger partial charge in [0.25, 0.3) is 11.5 Å². The zero-order valence-electron chi connectivity index (χ0n) is 9.73. The summed E-state index contributed by atoms with van der Waals surface area (Å²) in [4.78, 5) is 38.3. The summed E-state index contributed by atoms with van der Waals surface area (Å²) in [5, 5.41) is 12.1. The van der Waals surface area contributed by atoms with Crippen LogP contribution in [0.3, 0.4) is 0 Å². The molecule has 0 saturated heterocycles. The second-order valence-corrected chi connectivity index (χ2v) is 4.46. The Bertz CT molecular complexity index is 540. The molecular formula is C11H15N3O4. The largest absolute Gasteiger partial charge is 0.393 e. The second kappa shape index (κ2) is 5.18. The molecule has 0 atom stereocenters. The summed E-state index contributed by atoms with van der Waals surface area (Å²) < 4.78 is 0. The van der Waals surface area contributed by atoms with Crippen LogP contribution in [0.1, 0.15) is 36.0 Å². The van der Waals surface area contributed by atoms with Crippen LogP contribution in [0.15, 0.2) is 15.8 Å². The fourth-order valence-electron chi connectivity index (χ4n) is 2.06. The van der Waals surface area contributed by atoms with Crippen molar-refractivity contribution in [2.45, 2.75) is 37.8 Å². The highest BCUT2D eigenvalue weighted by Gasteiger charge is 2.22. The molecule has 1 aromatic rings. The first-order chi connectivity index (χ1) is 8.56. The van der Waals surface area contributed by atoms with E-state index >= 15 is 0 Å². The first kappa shape index (κ1) is 12.6. The van der Waals surface area contributed by atoms with Gasteiger partial charge in [-0.1, -0.05) is 0 Å². The molecule has 4 N–H and O–H groups in total. The summed E-state index contributed by atoms with van der Waals surface area (Å²) in [5.74, 6) is -0.506. The van der Waals surface area contributed by atoms with Crippen LogP contribution in [0.2, 0.25) is 0 Å². The predicted octanol–water partition coefficient (Wildman–Crippen LogP) is -0.903. The minimum Gasteiger partial charge on any atom is -0.393 e. The molecule has 7 heteroatoms. The summed E-state index contributed by atoms with van der Waals surface area (Å²) in [6, 6.07) is -0.0350. The maximum absolute atomic E-state index is 11.8. The van der Waals surface area contributed by atoms with Crippen molar-refractivity contribution in [1.82, 2.24) is 15.3 Å². The van der Waals surface area contributed by atoms with Crippen LogP contribution >= 0.6 is 0 Å². The molecule has 0 bridgehead atoms. The number of aromatic nitrogens is 2. The van der Waals surface area contributed by atoms with E-state index < -0.39 is 17.2 Å². The summed E-state index contributed by atoms with van der Waals surface area (Å²) >= 11 is 0. The van der Waals surface area contributed by atoms with Crippen LogP contribution in [0, 0.1) is 0 Å². The molecule has 1 heterocycles. The molecule has 98 valence electrons. The Morgan fingerprint density at radius 1 is 1.28 bits per heavy atom. The van der Waals surface area contributed by atoms with Gasteiger partial charge in [-0.15, -0.1) is 0 Å². The third-order valence-corrected chi connectivity index (χ3v) is 3.10. The molecule has 0 aliphatic heterocycles. The van der Waals surface area contributed by atoms with Gasteiger partial charge in [0, 0.05) is 12.2 Å². The Morgan fingerprint density at radius 2 is 1.94 bits per heavy atom. The smallest absolute Gasteiger partial charge is 0.325 e. The summed E-state index contributed by atoms with van der Waals surface area (Å²) in [7, 11) is 0. The van der Waals surface area contributed by atoms with Gasteiger partial charge in [0.05, 0.1) is 6.10 Å². The van der Waals surface area contributed by atoms with Gasteiger partial charge in [0.2, 0.25) is 0 Å². The Labute approximate surface area is 102 Å². The third kappa shape index (κ3) is 2.86. The lowest BCUT2D eigenvalue weighted by Gasteiger charge is -2.25. The van der Waals surface area contributed by atoms with Gasteiger partial charge < -0.3 is 15.4 Å². The van der Waals surface area contributed by atoms with E-state index in [0.29, 0.717) is 25.7 Å². The van der Waals surface area contributed by atoms with E-state index in [0.717, 1.165) is 6.20 Å². The number of nitrogens with one attached hydrogen (secondary N) is 3. The van der Waals surface area contributed by atoms with Crippen molar-refractivity contribution in [2.75, 3.05) is 0 Å². The lowest BCUT2D eigenvalue weighted by atomic mass is 9.93. The molecule has 1 aliphatic carbocycles. The predicted molar refractivity (Wildman–Crippen MR) is 63.4 cm³/mol. The number of carbonyl (C=O) groups is 1. The zero-order chi connectivity index (χ0) is 13.1. The van der Waals surface area contributed by atoms with Gasteiger partial charge in [-0.05, 0) is 25.7 Å². The minimum absolute atomic E-state index is 0.0350. The number of carbonyl (C=O) groups excluding carboxylic acids is 1. The fraction of sp³-hybridized carbons (Fsp3) is 0.545. The molecule has 1 saturated carbocycles. The summed E-state index contributed by atoms with van der Waals surface area (Å²) in [6.07, 6.45) is 3.48. The molecular weight excluding hydrogens is 238 g/mol. The first-order valence-electron chi connectivity index (χ1n) is 5.87. The van der Waals surface area contributed by atoms with Gasteiger partial charge in [0.15, 0.2) is 0 Å². The van der Waals surface area contributed by atoms with E-state index in [1.807, 2.05) is 4.98 Å². The lowest BCUT2D eigenvalue weighted by Crippen LogP contribution is -2.41. The van der Waals surface area contributed by atoms with Crippen LogP contribution in [0.5, 0.6) is 0 Å². The Balaban J connectivity index is 2.04. The average Bonchev–Trinajstić information content (AvgIpc) is 2.32. The zero-order valence-corrected chi connectivity index (χ0v) is 9.73. The molecule has 0 aromatic carbocycles. The molecule has 1 aliphatic rings. The number of hydrogen-bond acceptors (Lipinski definition) is 4. The van der Waals surface area contributed by atoms with Gasteiger partial charge in [0.1, 0.15) is 5.56 Å². The Kier molecular flexibility index (Phi) is 3.61. The van der Waals surface area contributed by atoms with Crippen LogP contribution < -0.4 is 16.6 Å². The van der Waals surface area contributed by atoms with E-state index in [4.69, 9.17) is 0 Å². The number of aromatic amines is 2. The number of hydrogen-bond donors (Lipinski definition) is 4. The SMILES string of the molecule is O=C(NC1CCC(O)CC1)c1c[nH]c(=O)[nH]c1=O. The van der Waals surface area contributed by atoms with Crippen molar-refractivity contribution in [3.05, 3.63) is 32.6 Å². The van der Waals surface area contributed by atoms with Crippen LogP contribution in [0.4, 0.5) is 0 Å². The quantitative estimate of drug-likeness (QED) is 0.546. The van der Waals surface area contributed by atoms with E-state index in [1.165, 1.54) is 0 Å². The first-order valence-corrected chi connectivity index (χ1v) is 5.87. The lowest BCUT2D eigenvalue weighted by molar-refractivity contribution is 0.0866.